The van der Waals surface area contributed by atoms with E-state index in [4.69, 9.17) is 0 Å². The summed E-state index contributed by atoms with van der Waals surface area (Å²) in [4.78, 5) is 1.44. The van der Waals surface area contributed by atoms with E-state index in [1.165, 1.54) is 21.3 Å². The Morgan fingerprint density at radius 1 is 1.24 bits per heavy atom. The van der Waals surface area contributed by atoms with Gasteiger partial charge in [0.2, 0.25) is 0 Å². The van der Waals surface area contributed by atoms with Crippen LogP contribution in [0.1, 0.15) is 36.6 Å². The first kappa shape index (κ1) is 16.7. The van der Waals surface area contributed by atoms with Crippen molar-refractivity contribution in [2.24, 2.45) is 5.92 Å². The Balaban J connectivity index is 2.24. The fourth-order valence-corrected chi connectivity index (χ4v) is 4.48. The summed E-state index contributed by atoms with van der Waals surface area (Å²) >= 11 is 5.40. The predicted octanol–water partition coefficient (Wildman–Crippen LogP) is 5.47. The molecule has 0 saturated carbocycles. The first-order valence-electron chi connectivity index (χ1n) is 7.60. The topological polar surface area (TPSA) is 12.0 Å². The average Bonchev–Trinajstić information content (AvgIpc) is 2.92. The van der Waals surface area contributed by atoms with Gasteiger partial charge in [0.1, 0.15) is 0 Å². The molecule has 1 heterocycles. The zero-order valence-electron chi connectivity index (χ0n) is 13.0. The summed E-state index contributed by atoms with van der Waals surface area (Å²) < 4.78 is 1.19. The Morgan fingerprint density at radius 2 is 1.95 bits per heavy atom. The zero-order valence-corrected chi connectivity index (χ0v) is 15.4. The zero-order chi connectivity index (χ0) is 15.2. The van der Waals surface area contributed by atoms with E-state index in [1.807, 2.05) is 11.3 Å². The summed E-state index contributed by atoms with van der Waals surface area (Å²) in [7, 11) is 2.09. The van der Waals surface area contributed by atoms with Crippen LogP contribution in [0.15, 0.2) is 46.3 Å². The van der Waals surface area contributed by atoms with Gasteiger partial charge in [-0.2, -0.15) is 0 Å². The summed E-state index contributed by atoms with van der Waals surface area (Å²) in [5, 5.41) is 5.73. The van der Waals surface area contributed by atoms with E-state index in [9.17, 15) is 0 Å². The Hall–Kier alpha value is -0.640. The number of hydrogen-bond donors (Lipinski definition) is 1. The quantitative estimate of drug-likeness (QED) is 0.685. The van der Waals surface area contributed by atoms with Gasteiger partial charge in [0, 0.05) is 26.7 Å². The lowest BCUT2D eigenvalue weighted by atomic mass is 9.79. The van der Waals surface area contributed by atoms with Crippen LogP contribution < -0.4 is 5.32 Å². The highest BCUT2D eigenvalue weighted by Gasteiger charge is 2.27. The second-order valence-electron chi connectivity index (χ2n) is 5.65. The fraction of sp³-hybridized carbons (Fsp3) is 0.444. The monoisotopic (exact) mass is 365 g/mol. The third kappa shape index (κ3) is 4.41. The molecule has 0 aliphatic heterocycles. The molecule has 0 amide bonds. The fourth-order valence-electron chi connectivity index (χ4n) is 2.97. The van der Waals surface area contributed by atoms with Crippen molar-refractivity contribution in [1.82, 2.24) is 5.32 Å². The van der Waals surface area contributed by atoms with Gasteiger partial charge in [-0.1, -0.05) is 50.6 Å². The molecule has 2 aromatic rings. The summed E-state index contributed by atoms with van der Waals surface area (Å²) in [6.45, 7) is 4.65. The van der Waals surface area contributed by atoms with E-state index in [0.717, 1.165) is 6.42 Å². The van der Waals surface area contributed by atoms with E-state index < -0.39 is 0 Å². The summed E-state index contributed by atoms with van der Waals surface area (Å²) in [6.07, 6.45) is 2.28. The van der Waals surface area contributed by atoms with Crippen molar-refractivity contribution in [3.05, 3.63) is 56.7 Å². The number of benzene rings is 1. The molecule has 1 nitrogen and oxygen atoms in total. The normalized spacial score (nSPS) is 15.6. The SMILES string of the molecule is CCC(C)C(c1ccccc1)C(Cc1cc(Br)cs1)NC. The Bertz CT molecular complexity index is 537. The molecule has 0 fully saturated rings. The van der Waals surface area contributed by atoms with Gasteiger partial charge in [0.15, 0.2) is 0 Å². The van der Waals surface area contributed by atoms with E-state index in [1.54, 1.807) is 0 Å². The van der Waals surface area contributed by atoms with Gasteiger partial charge in [-0.05, 0) is 46.9 Å². The summed E-state index contributed by atoms with van der Waals surface area (Å²) in [5.41, 5.74) is 1.45. The van der Waals surface area contributed by atoms with Gasteiger partial charge < -0.3 is 5.32 Å². The predicted molar refractivity (Wildman–Crippen MR) is 97.2 cm³/mol. The van der Waals surface area contributed by atoms with Gasteiger partial charge in [-0.3, -0.25) is 0 Å². The van der Waals surface area contributed by atoms with E-state index in [0.29, 0.717) is 17.9 Å². The lowest BCUT2D eigenvalue weighted by molar-refractivity contribution is 0.347. The van der Waals surface area contributed by atoms with Crippen molar-refractivity contribution in [3.63, 3.8) is 0 Å². The van der Waals surface area contributed by atoms with Crippen molar-refractivity contribution < 1.29 is 0 Å². The minimum Gasteiger partial charge on any atom is -0.316 e. The highest BCUT2D eigenvalue weighted by Crippen LogP contribution is 2.33. The van der Waals surface area contributed by atoms with E-state index >= 15 is 0 Å². The molecular weight excluding hydrogens is 342 g/mol. The molecule has 3 unspecified atom stereocenters. The molecule has 3 atom stereocenters. The molecule has 0 aliphatic rings. The van der Waals surface area contributed by atoms with Gasteiger partial charge in [0.05, 0.1) is 0 Å². The molecule has 1 N–H and O–H groups in total. The smallest absolute Gasteiger partial charge is 0.0285 e. The lowest BCUT2D eigenvalue weighted by Gasteiger charge is -2.32. The number of likely N-dealkylation sites (N-methyl/N-ethyl adjacent to an activating group) is 1. The molecule has 1 aromatic carbocycles. The second-order valence-corrected chi connectivity index (χ2v) is 7.56. The van der Waals surface area contributed by atoms with Gasteiger partial charge in [0.25, 0.3) is 0 Å². The van der Waals surface area contributed by atoms with Crippen molar-refractivity contribution in [1.29, 1.82) is 0 Å². The molecule has 3 heteroatoms. The number of rotatable bonds is 7. The van der Waals surface area contributed by atoms with Crippen molar-refractivity contribution in [2.75, 3.05) is 7.05 Å². The molecule has 0 radical (unpaired) electrons. The van der Waals surface area contributed by atoms with Crippen LogP contribution in [0, 0.1) is 5.92 Å². The lowest BCUT2D eigenvalue weighted by Crippen LogP contribution is -2.37. The van der Waals surface area contributed by atoms with E-state index in [2.05, 4.69) is 83.9 Å². The molecule has 2 rings (SSSR count). The summed E-state index contributed by atoms with van der Waals surface area (Å²) in [6, 6.07) is 13.7. The number of hydrogen-bond acceptors (Lipinski definition) is 2. The average molecular weight is 366 g/mol. The Kier molecular flexibility index (Phi) is 6.46. The minimum atomic E-state index is 0.466. The second kappa shape index (κ2) is 8.11. The number of halogens is 1. The third-order valence-electron chi connectivity index (χ3n) is 4.29. The van der Waals surface area contributed by atoms with Crippen LogP contribution in [-0.2, 0) is 6.42 Å². The molecule has 1 aromatic heterocycles. The van der Waals surface area contributed by atoms with Crippen LogP contribution in [-0.4, -0.2) is 13.1 Å². The first-order chi connectivity index (χ1) is 10.2. The first-order valence-corrected chi connectivity index (χ1v) is 9.28. The molecule has 21 heavy (non-hydrogen) atoms. The highest BCUT2D eigenvalue weighted by molar-refractivity contribution is 9.10. The maximum absolute atomic E-state index is 3.56. The van der Waals surface area contributed by atoms with Crippen LogP contribution in [0.5, 0.6) is 0 Å². The maximum atomic E-state index is 3.56. The van der Waals surface area contributed by atoms with Crippen LogP contribution in [0.4, 0.5) is 0 Å². The number of thiophene rings is 1. The molecular formula is C18H24BrNS. The van der Waals surface area contributed by atoms with Crippen LogP contribution in [0.25, 0.3) is 0 Å². The Labute approximate surface area is 140 Å². The molecule has 0 saturated heterocycles. The van der Waals surface area contributed by atoms with Crippen molar-refractivity contribution >= 4 is 27.3 Å². The maximum Gasteiger partial charge on any atom is 0.0285 e. The largest absolute Gasteiger partial charge is 0.316 e. The molecule has 0 aliphatic carbocycles. The molecule has 0 spiro atoms. The van der Waals surface area contributed by atoms with Gasteiger partial charge >= 0.3 is 0 Å². The van der Waals surface area contributed by atoms with Gasteiger partial charge in [-0.15, -0.1) is 11.3 Å². The Morgan fingerprint density at radius 3 is 2.48 bits per heavy atom. The van der Waals surface area contributed by atoms with Gasteiger partial charge in [-0.25, -0.2) is 0 Å². The van der Waals surface area contributed by atoms with Crippen LogP contribution >= 0.6 is 27.3 Å². The number of nitrogens with one attached hydrogen (secondary N) is 1. The summed E-state index contributed by atoms with van der Waals surface area (Å²) in [5.74, 6) is 1.20. The third-order valence-corrected chi connectivity index (χ3v) is 6.01. The molecule has 114 valence electrons. The van der Waals surface area contributed by atoms with Crippen molar-refractivity contribution in [3.8, 4) is 0 Å². The standard InChI is InChI=1S/C18H24BrNS/c1-4-13(2)18(14-8-6-5-7-9-14)17(20-3)11-16-10-15(19)12-21-16/h5-10,12-13,17-18,20H,4,11H2,1-3H3. The van der Waals surface area contributed by atoms with E-state index in [-0.39, 0.29) is 0 Å². The molecule has 0 bridgehead atoms. The van der Waals surface area contributed by atoms with Crippen LogP contribution in [0.3, 0.4) is 0 Å². The minimum absolute atomic E-state index is 0.466. The highest BCUT2D eigenvalue weighted by atomic mass is 79.9. The van der Waals surface area contributed by atoms with Crippen molar-refractivity contribution in [2.45, 2.75) is 38.6 Å². The van der Waals surface area contributed by atoms with Crippen LogP contribution in [0.2, 0.25) is 0 Å².